The third-order valence-electron chi connectivity index (χ3n) is 4.74. The first-order valence-corrected chi connectivity index (χ1v) is 9.02. The lowest BCUT2D eigenvalue weighted by molar-refractivity contribution is 0.102. The number of halogens is 1. The van der Waals surface area contributed by atoms with Crippen LogP contribution in [0.1, 0.15) is 32.0 Å². The number of nitrogen functional groups attached to an aromatic ring is 1. The van der Waals surface area contributed by atoms with Crippen LogP contribution in [0.5, 0.6) is 0 Å². The smallest absolute Gasteiger partial charge is 0.259 e. The number of nitrogens with two attached hydrogens (primary N) is 1. The number of aromatic nitrogens is 1. The van der Waals surface area contributed by atoms with Gasteiger partial charge in [0.05, 0.1) is 16.8 Å². The molecule has 3 N–H and O–H groups in total. The highest BCUT2D eigenvalue weighted by Gasteiger charge is 2.26. The highest BCUT2D eigenvalue weighted by molar-refractivity contribution is 6.20. The van der Waals surface area contributed by atoms with Crippen LogP contribution in [0.25, 0.3) is 5.52 Å². The van der Waals surface area contributed by atoms with Crippen molar-refractivity contribution in [1.29, 1.82) is 0 Å². The minimum absolute atomic E-state index is 0.0985. The highest BCUT2D eigenvalue weighted by Crippen LogP contribution is 2.29. The number of amides is 1. The summed E-state index contributed by atoms with van der Waals surface area (Å²) in [5, 5.41) is 2.71. The van der Waals surface area contributed by atoms with Crippen LogP contribution in [0.4, 0.5) is 15.8 Å². The first-order chi connectivity index (χ1) is 14.0. The Kier molecular flexibility index (Phi) is 4.60. The summed E-state index contributed by atoms with van der Waals surface area (Å²) in [4.78, 5) is 26.1. The molecule has 2 heterocycles. The average Bonchev–Trinajstić information content (AvgIpc) is 3.01. The molecule has 4 rings (SSSR count). The Bertz CT molecular complexity index is 1230. The molecule has 0 atom stereocenters. The molecule has 6 heteroatoms. The summed E-state index contributed by atoms with van der Waals surface area (Å²) in [6, 6.07) is 17.8. The molecule has 0 aliphatic rings. The molecule has 0 unspecified atom stereocenters. The van der Waals surface area contributed by atoms with E-state index in [2.05, 4.69) is 5.32 Å². The molecular weight excluding hydrogens is 369 g/mol. The van der Waals surface area contributed by atoms with Gasteiger partial charge in [0, 0.05) is 17.4 Å². The van der Waals surface area contributed by atoms with Gasteiger partial charge < -0.3 is 15.5 Å². The van der Waals surface area contributed by atoms with Crippen LogP contribution in [0.15, 0.2) is 72.9 Å². The fourth-order valence-electron chi connectivity index (χ4n) is 3.27. The molecule has 144 valence electrons. The normalized spacial score (nSPS) is 10.8. The molecule has 2 aromatic carbocycles. The van der Waals surface area contributed by atoms with Crippen LogP contribution in [0.3, 0.4) is 0 Å². The van der Waals surface area contributed by atoms with Gasteiger partial charge in [-0.25, -0.2) is 4.39 Å². The summed E-state index contributed by atoms with van der Waals surface area (Å²) >= 11 is 0. The molecule has 29 heavy (non-hydrogen) atoms. The van der Waals surface area contributed by atoms with Gasteiger partial charge in [-0.05, 0) is 43.3 Å². The molecule has 2 aromatic heterocycles. The Balaban J connectivity index is 1.80. The fourth-order valence-corrected chi connectivity index (χ4v) is 3.27. The second kappa shape index (κ2) is 7.24. The van der Waals surface area contributed by atoms with E-state index in [1.807, 2.05) is 19.1 Å². The van der Waals surface area contributed by atoms with Crippen molar-refractivity contribution in [2.45, 2.75) is 6.92 Å². The van der Waals surface area contributed by atoms with E-state index in [4.69, 9.17) is 5.73 Å². The number of benzene rings is 2. The van der Waals surface area contributed by atoms with Gasteiger partial charge in [-0.15, -0.1) is 0 Å². The predicted molar refractivity (Wildman–Crippen MR) is 111 cm³/mol. The number of nitrogens with zero attached hydrogens (tertiary/aromatic N) is 1. The second-order valence-electron chi connectivity index (χ2n) is 6.75. The summed E-state index contributed by atoms with van der Waals surface area (Å²) in [6.45, 7) is 1.94. The average molecular weight is 387 g/mol. The quantitative estimate of drug-likeness (QED) is 0.508. The van der Waals surface area contributed by atoms with E-state index in [1.54, 1.807) is 40.9 Å². The molecule has 1 amide bonds. The molecule has 4 aromatic rings. The van der Waals surface area contributed by atoms with Crippen molar-refractivity contribution in [2.24, 2.45) is 0 Å². The summed E-state index contributed by atoms with van der Waals surface area (Å²) in [5.74, 6) is -1.15. The lowest BCUT2D eigenvalue weighted by Crippen LogP contribution is -2.14. The Labute approximate surface area is 166 Å². The predicted octanol–water partition coefficient (Wildman–Crippen LogP) is 4.45. The van der Waals surface area contributed by atoms with Gasteiger partial charge in [0.1, 0.15) is 11.5 Å². The van der Waals surface area contributed by atoms with Gasteiger partial charge in [0.2, 0.25) is 5.78 Å². The number of pyridine rings is 1. The maximum absolute atomic E-state index is 13.1. The van der Waals surface area contributed by atoms with E-state index in [0.717, 1.165) is 5.56 Å². The fraction of sp³-hybridized carbons (Fsp3) is 0.0435. The van der Waals surface area contributed by atoms with Crippen molar-refractivity contribution in [3.05, 3.63) is 101 Å². The van der Waals surface area contributed by atoms with Crippen LogP contribution < -0.4 is 11.1 Å². The zero-order valence-electron chi connectivity index (χ0n) is 15.6. The summed E-state index contributed by atoms with van der Waals surface area (Å²) in [6.07, 6.45) is 1.70. The first-order valence-electron chi connectivity index (χ1n) is 9.02. The Morgan fingerprint density at radius 3 is 2.34 bits per heavy atom. The number of rotatable bonds is 4. The van der Waals surface area contributed by atoms with Crippen molar-refractivity contribution in [3.8, 4) is 0 Å². The van der Waals surface area contributed by atoms with Crippen molar-refractivity contribution in [2.75, 3.05) is 11.1 Å². The summed E-state index contributed by atoms with van der Waals surface area (Å²) in [7, 11) is 0. The number of carbonyl (C=O) groups is 2. The highest BCUT2D eigenvalue weighted by atomic mass is 19.1. The maximum Gasteiger partial charge on any atom is 0.259 e. The van der Waals surface area contributed by atoms with Crippen molar-refractivity contribution < 1.29 is 14.0 Å². The van der Waals surface area contributed by atoms with E-state index in [9.17, 15) is 14.0 Å². The van der Waals surface area contributed by atoms with Crippen LogP contribution in [-0.2, 0) is 0 Å². The van der Waals surface area contributed by atoms with E-state index in [0.29, 0.717) is 16.8 Å². The molecule has 0 saturated carbocycles. The first kappa shape index (κ1) is 18.4. The SMILES string of the molecule is Cc1ccc(C(=O)c2c(N)c(C(=O)Nc3ccc(F)cc3)c3ccccn23)cc1. The van der Waals surface area contributed by atoms with Crippen LogP contribution in [0, 0.1) is 12.7 Å². The third-order valence-corrected chi connectivity index (χ3v) is 4.74. The zero-order chi connectivity index (χ0) is 20.5. The molecule has 0 radical (unpaired) electrons. The van der Waals surface area contributed by atoms with Gasteiger partial charge in [0.25, 0.3) is 5.91 Å². The van der Waals surface area contributed by atoms with Crippen molar-refractivity contribution in [1.82, 2.24) is 4.40 Å². The Morgan fingerprint density at radius 1 is 0.966 bits per heavy atom. The molecule has 0 saturated heterocycles. The van der Waals surface area contributed by atoms with E-state index >= 15 is 0 Å². The molecule has 5 nitrogen and oxygen atoms in total. The monoisotopic (exact) mass is 387 g/mol. The second-order valence-corrected chi connectivity index (χ2v) is 6.75. The number of carbonyl (C=O) groups excluding carboxylic acids is 2. The third kappa shape index (κ3) is 3.36. The minimum Gasteiger partial charge on any atom is -0.396 e. The van der Waals surface area contributed by atoms with Crippen LogP contribution in [0.2, 0.25) is 0 Å². The van der Waals surface area contributed by atoms with Gasteiger partial charge >= 0.3 is 0 Å². The summed E-state index contributed by atoms with van der Waals surface area (Å²) in [5.41, 5.74) is 9.29. The van der Waals surface area contributed by atoms with E-state index < -0.39 is 11.7 Å². The van der Waals surface area contributed by atoms with E-state index in [1.165, 1.54) is 24.3 Å². The van der Waals surface area contributed by atoms with Crippen molar-refractivity contribution in [3.63, 3.8) is 0 Å². The molecule has 0 bridgehead atoms. The van der Waals surface area contributed by atoms with Gasteiger partial charge in [-0.1, -0.05) is 35.9 Å². The number of aryl methyl sites for hydroxylation is 1. The number of fused-ring (bicyclic) bond motifs is 1. The van der Waals surface area contributed by atoms with Gasteiger partial charge in [0.15, 0.2) is 0 Å². The summed E-state index contributed by atoms with van der Waals surface area (Å²) < 4.78 is 14.7. The minimum atomic E-state index is -0.472. The lowest BCUT2D eigenvalue weighted by Gasteiger charge is -2.06. The van der Waals surface area contributed by atoms with Crippen molar-refractivity contribution >= 4 is 28.6 Å². The number of anilines is 2. The van der Waals surface area contributed by atoms with Crippen LogP contribution >= 0.6 is 0 Å². The molecule has 0 fully saturated rings. The van der Waals surface area contributed by atoms with Crippen LogP contribution in [-0.4, -0.2) is 16.1 Å². The standard InChI is InChI=1S/C23H18FN3O2/c1-14-5-7-15(8-6-14)22(28)21-20(25)19(18-4-2-3-13-27(18)21)23(29)26-17-11-9-16(24)10-12-17/h2-13H,25H2,1H3,(H,26,29). The molecule has 0 aliphatic heterocycles. The molecular formula is C23H18FN3O2. The molecule has 0 aliphatic carbocycles. The Morgan fingerprint density at radius 2 is 1.66 bits per heavy atom. The zero-order valence-corrected chi connectivity index (χ0v) is 15.6. The van der Waals surface area contributed by atoms with E-state index in [-0.39, 0.29) is 22.7 Å². The molecule has 0 spiro atoms. The topological polar surface area (TPSA) is 76.6 Å². The Hall–Kier alpha value is -3.93. The lowest BCUT2D eigenvalue weighted by atomic mass is 10.0. The number of ketones is 1. The maximum atomic E-state index is 13.1. The van der Waals surface area contributed by atoms with Gasteiger partial charge in [-0.2, -0.15) is 0 Å². The number of hydrogen-bond acceptors (Lipinski definition) is 3. The largest absolute Gasteiger partial charge is 0.396 e. The number of hydrogen-bond donors (Lipinski definition) is 2. The van der Waals surface area contributed by atoms with Gasteiger partial charge in [-0.3, -0.25) is 9.59 Å². The number of nitrogens with one attached hydrogen (secondary N) is 1.